The normalized spacial score (nSPS) is 11.8. The minimum absolute atomic E-state index is 0.614. The lowest BCUT2D eigenvalue weighted by atomic mass is 10.2. The van der Waals surface area contributed by atoms with Gasteiger partial charge in [-0.05, 0) is 0 Å². The molecule has 1 heterocycles. The van der Waals surface area contributed by atoms with Crippen LogP contribution in [0.1, 0.15) is 16.1 Å². The molecular weight excluding hydrogens is 225 g/mol. The van der Waals surface area contributed by atoms with Crippen molar-refractivity contribution in [3.8, 4) is 0 Å². The van der Waals surface area contributed by atoms with E-state index in [-0.39, 0.29) is 0 Å². The summed E-state index contributed by atoms with van der Waals surface area (Å²) in [4.78, 5) is 10.4. The van der Waals surface area contributed by atoms with Crippen molar-refractivity contribution in [3.05, 3.63) is 16.4 Å². The molecular formula is C6H3ClF3N2O2-. The van der Waals surface area contributed by atoms with Gasteiger partial charge in [0, 0.05) is 7.05 Å². The van der Waals surface area contributed by atoms with E-state index in [4.69, 9.17) is 11.6 Å². The Kier molecular flexibility index (Phi) is 2.45. The second kappa shape index (κ2) is 3.16. The molecule has 1 rings (SSSR count). The molecule has 4 nitrogen and oxygen atoms in total. The Bertz CT molecular complexity index is 385. The van der Waals surface area contributed by atoms with E-state index in [1.54, 1.807) is 0 Å². The van der Waals surface area contributed by atoms with Gasteiger partial charge < -0.3 is 9.90 Å². The van der Waals surface area contributed by atoms with Gasteiger partial charge in [-0.15, -0.1) is 0 Å². The SMILES string of the molecule is Cn1nc(C(F)(F)F)c(C(=O)[O-])c1Cl. The first kappa shape index (κ1) is 10.8. The summed E-state index contributed by atoms with van der Waals surface area (Å²) < 4.78 is 37.1. The van der Waals surface area contributed by atoms with Crippen LogP contribution in [0.5, 0.6) is 0 Å². The number of aryl methyl sites for hydroxylation is 1. The zero-order valence-corrected chi connectivity index (χ0v) is 7.48. The second-order valence-corrected chi connectivity index (χ2v) is 2.78. The molecule has 0 saturated heterocycles. The molecule has 0 atom stereocenters. The van der Waals surface area contributed by atoms with Crippen LogP contribution in [0.3, 0.4) is 0 Å². The van der Waals surface area contributed by atoms with Crippen molar-refractivity contribution in [3.63, 3.8) is 0 Å². The van der Waals surface area contributed by atoms with E-state index in [0.29, 0.717) is 4.68 Å². The molecule has 0 aromatic carbocycles. The molecule has 0 unspecified atom stereocenters. The van der Waals surface area contributed by atoms with Gasteiger partial charge in [-0.1, -0.05) is 11.6 Å². The average molecular weight is 228 g/mol. The van der Waals surface area contributed by atoms with Gasteiger partial charge in [0.25, 0.3) is 0 Å². The molecule has 78 valence electrons. The molecule has 0 bridgehead atoms. The standard InChI is InChI=1S/C6H4ClF3N2O2/c1-12-4(7)2(5(13)14)3(11-12)6(8,9)10/h1H3,(H,13,14)/p-1. The van der Waals surface area contributed by atoms with Crippen molar-refractivity contribution >= 4 is 17.6 Å². The Hall–Kier alpha value is -1.24. The Morgan fingerprint density at radius 1 is 1.57 bits per heavy atom. The van der Waals surface area contributed by atoms with E-state index >= 15 is 0 Å². The lowest BCUT2D eigenvalue weighted by Gasteiger charge is -2.06. The monoisotopic (exact) mass is 227 g/mol. The number of nitrogens with zero attached hydrogens (tertiary/aromatic N) is 2. The lowest BCUT2D eigenvalue weighted by molar-refractivity contribution is -0.255. The molecule has 1 aromatic heterocycles. The number of hydrogen-bond donors (Lipinski definition) is 0. The highest BCUT2D eigenvalue weighted by molar-refractivity contribution is 6.32. The largest absolute Gasteiger partial charge is 0.545 e. The quantitative estimate of drug-likeness (QED) is 0.700. The van der Waals surface area contributed by atoms with Crippen molar-refractivity contribution in [2.45, 2.75) is 6.18 Å². The van der Waals surface area contributed by atoms with Crippen LogP contribution in [-0.4, -0.2) is 15.7 Å². The van der Waals surface area contributed by atoms with Crippen molar-refractivity contribution < 1.29 is 23.1 Å². The molecule has 0 amide bonds. The van der Waals surface area contributed by atoms with E-state index in [1.807, 2.05) is 0 Å². The summed E-state index contributed by atoms with van der Waals surface area (Å²) in [6.07, 6.45) is -4.86. The van der Waals surface area contributed by atoms with Crippen molar-refractivity contribution in [1.29, 1.82) is 0 Å². The lowest BCUT2D eigenvalue weighted by Crippen LogP contribution is -2.25. The molecule has 0 spiro atoms. The fourth-order valence-electron chi connectivity index (χ4n) is 0.883. The van der Waals surface area contributed by atoms with E-state index in [2.05, 4.69) is 5.10 Å². The molecule has 0 aliphatic heterocycles. The molecule has 0 aliphatic rings. The van der Waals surface area contributed by atoms with Crippen LogP contribution in [-0.2, 0) is 13.2 Å². The highest BCUT2D eigenvalue weighted by atomic mass is 35.5. The van der Waals surface area contributed by atoms with Gasteiger partial charge in [0.2, 0.25) is 0 Å². The van der Waals surface area contributed by atoms with Crippen LogP contribution in [0.25, 0.3) is 0 Å². The third-order valence-corrected chi connectivity index (χ3v) is 1.88. The number of aromatic nitrogens is 2. The number of carboxylic acids is 1. The number of carbonyl (C=O) groups is 1. The number of rotatable bonds is 1. The molecule has 8 heteroatoms. The molecule has 0 aliphatic carbocycles. The summed E-state index contributed by atoms with van der Waals surface area (Å²) in [6.45, 7) is 0. The maximum atomic E-state index is 12.2. The van der Waals surface area contributed by atoms with Crippen LogP contribution in [0.2, 0.25) is 5.15 Å². The Morgan fingerprint density at radius 2 is 2.07 bits per heavy atom. The van der Waals surface area contributed by atoms with E-state index in [0.717, 1.165) is 7.05 Å². The first-order valence-electron chi connectivity index (χ1n) is 3.26. The number of hydrogen-bond acceptors (Lipinski definition) is 3. The Morgan fingerprint density at radius 3 is 2.36 bits per heavy atom. The molecule has 0 N–H and O–H groups in total. The number of carbonyl (C=O) groups excluding carboxylic acids is 1. The van der Waals surface area contributed by atoms with E-state index in [1.165, 1.54) is 0 Å². The topological polar surface area (TPSA) is 58.0 Å². The third kappa shape index (κ3) is 1.67. The van der Waals surface area contributed by atoms with Crippen LogP contribution in [0.4, 0.5) is 13.2 Å². The van der Waals surface area contributed by atoms with Gasteiger partial charge in [0.05, 0.1) is 11.5 Å². The molecule has 0 radical (unpaired) electrons. The Balaban J connectivity index is 3.45. The Labute approximate surface area is 80.9 Å². The van der Waals surface area contributed by atoms with Crippen molar-refractivity contribution in [2.24, 2.45) is 7.05 Å². The van der Waals surface area contributed by atoms with Crippen molar-refractivity contribution in [2.75, 3.05) is 0 Å². The van der Waals surface area contributed by atoms with Crippen molar-refractivity contribution in [1.82, 2.24) is 9.78 Å². The molecule has 14 heavy (non-hydrogen) atoms. The summed E-state index contributed by atoms with van der Waals surface area (Å²) in [6, 6.07) is 0. The van der Waals surface area contributed by atoms with Gasteiger partial charge in [0.1, 0.15) is 5.15 Å². The predicted molar refractivity (Wildman–Crippen MR) is 37.6 cm³/mol. The smallest absolute Gasteiger partial charge is 0.435 e. The van der Waals surface area contributed by atoms with Crippen LogP contribution >= 0.6 is 11.6 Å². The minimum Gasteiger partial charge on any atom is -0.545 e. The molecule has 0 fully saturated rings. The first-order chi connectivity index (χ1) is 6.25. The maximum absolute atomic E-state index is 12.2. The maximum Gasteiger partial charge on any atom is 0.435 e. The van der Waals surface area contributed by atoms with Gasteiger partial charge in [0.15, 0.2) is 5.69 Å². The number of aromatic carboxylic acids is 1. The van der Waals surface area contributed by atoms with Crippen LogP contribution < -0.4 is 5.11 Å². The fourth-order valence-corrected chi connectivity index (χ4v) is 1.09. The van der Waals surface area contributed by atoms with Crippen LogP contribution in [0.15, 0.2) is 0 Å². The fraction of sp³-hybridized carbons (Fsp3) is 0.333. The number of carboxylic acid groups (broad SMARTS) is 1. The average Bonchev–Trinajstić information content (AvgIpc) is 2.27. The molecule has 0 saturated carbocycles. The van der Waals surface area contributed by atoms with Crippen LogP contribution in [0, 0.1) is 0 Å². The van der Waals surface area contributed by atoms with Gasteiger partial charge >= 0.3 is 6.18 Å². The van der Waals surface area contributed by atoms with Gasteiger partial charge in [-0.3, -0.25) is 4.68 Å². The third-order valence-electron chi connectivity index (χ3n) is 1.45. The second-order valence-electron chi connectivity index (χ2n) is 2.42. The van der Waals surface area contributed by atoms with E-state index in [9.17, 15) is 23.1 Å². The first-order valence-corrected chi connectivity index (χ1v) is 3.64. The predicted octanol–water partition coefficient (Wildman–Crippen LogP) is 0.456. The number of halogens is 4. The summed E-state index contributed by atoms with van der Waals surface area (Å²) in [5, 5.41) is 12.7. The highest BCUT2D eigenvalue weighted by Gasteiger charge is 2.39. The zero-order valence-electron chi connectivity index (χ0n) is 6.72. The molecule has 1 aromatic rings. The summed E-state index contributed by atoms with van der Waals surface area (Å²) >= 11 is 5.29. The summed E-state index contributed by atoms with van der Waals surface area (Å²) in [5.41, 5.74) is -2.69. The van der Waals surface area contributed by atoms with Gasteiger partial charge in [-0.2, -0.15) is 18.3 Å². The zero-order chi connectivity index (χ0) is 11.1. The number of alkyl halides is 3. The summed E-state index contributed by atoms with van der Waals surface area (Å²) in [7, 11) is 1.10. The van der Waals surface area contributed by atoms with Gasteiger partial charge in [-0.25, -0.2) is 0 Å². The summed E-state index contributed by atoms with van der Waals surface area (Å²) in [5.74, 6) is -2.00. The highest BCUT2D eigenvalue weighted by Crippen LogP contribution is 2.33. The minimum atomic E-state index is -4.86. The van der Waals surface area contributed by atoms with E-state index < -0.39 is 28.6 Å².